The van der Waals surface area contributed by atoms with E-state index in [0.717, 1.165) is 11.3 Å². The number of benzene rings is 1. The van der Waals surface area contributed by atoms with Crippen molar-refractivity contribution >= 4 is 5.91 Å². The van der Waals surface area contributed by atoms with Crippen molar-refractivity contribution in [1.82, 2.24) is 5.32 Å². The second kappa shape index (κ2) is 5.51. The number of primary amides is 1. The molecule has 4 nitrogen and oxygen atoms in total. The van der Waals surface area contributed by atoms with Gasteiger partial charge in [-0.1, -0.05) is 12.1 Å². The highest BCUT2D eigenvalue weighted by Crippen LogP contribution is 2.13. The van der Waals surface area contributed by atoms with Crippen LogP contribution in [-0.4, -0.2) is 5.91 Å². The third-order valence-electron chi connectivity index (χ3n) is 2.82. The Balaban J connectivity index is 1.92. The van der Waals surface area contributed by atoms with Crippen LogP contribution in [-0.2, 0) is 6.54 Å². The number of hydrogen-bond donors (Lipinski definition) is 2. The van der Waals surface area contributed by atoms with E-state index in [1.54, 1.807) is 18.4 Å². The topological polar surface area (TPSA) is 68.3 Å². The van der Waals surface area contributed by atoms with Crippen LogP contribution in [0.25, 0.3) is 0 Å². The molecule has 4 heteroatoms. The molecule has 0 spiro atoms. The number of furan rings is 1. The van der Waals surface area contributed by atoms with Crippen molar-refractivity contribution in [1.29, 1.82) is 0 Å². The summed E-state index contributed by atoms with van der Waals surface area (Å²) < 4.78 is 5.31. The van der Waals surface area contributed by atoms with Gasteiger partial charge >= 0.3 is 0 Å². The number of hydrogen-bond acceptors (Lipinski definition) is 3. The lowest BCUT2D eigenvalue weighted by atomic mass is 10.1. The summed E-state index contributed by atoms with van der Waals surface area (Å²) in [6.45, 7) is 2.75. The average molecular weight is 244 g/mol. The van der Waals surface area contributed by atoms with Crippen molar-refractivity contribution < 1.29 is 9.21 Å². The van der Waals surface area contributed by atoms with Crippen LogP contribution in [0.4, 0.5) is 0 Å². The summed E-state index contributed by atoms with van der Waals surface area (Å²) in [5.41, 5.74) is 6.80. The molecule has 0 fully saturated rings. The van der Waals surface area contributed by atoms with Crippen molar-refractivity contribution in [2.24, 2.45) is 5.73 Å². The minimum absolute atomic E-state index is 0.149. The Morgan fingerprint density at radius 2 is 2.06 bits per heavy atom. The van der Waals surface area contributed by atoms with Gasteiger partial charge in [0.15, 0.2) is 0 Å². The van der Waals surface area contributed by atoms with Crippen molar-refractivity contribution in [2.75, 3.05) is 0 Å². The fourth-order valence-corrected chi connectivity index (χ4v) is 1.70. The number of carbonyl (C=O) groups excluding carboxylic acids is 1. The predicted octanol–water partition coefficient (Wildman–Crippen LogP) is 2.23. The van der Waals surface area contributed by atoms with Crippen LogP contribution in [0.5, 0.6) is 0 Å². The third-order valence-corrected chi connectivity index (χ3v) is 2.82. The van der Waals surface area contributed by atoms with Crippen LogP contribution in [0, 0.1) is 0 Å². The smallest absolute Gasteiger partial charge is 0.248 e. The summed E-state index contributed by atoms with van der Waals surface area (Å²) in [4.78, 5) is 10.9. The van der Waals surface area contributed by atoms with Crippen molar-refractivity contribution in [2.45, 2.75) is 19.5 Å². The van der Waals surface area contributed by atoms with E-state index < -0.39 is 5.91 Å². The van der Waals surface area contributed by atoms with Gasteiger partial charge in [-0.2, -0.15) is 0 Å². The molecule has 1 atom stereocenters. The zero-order valence-electron chi connectivity index (χ0n) is 10.2. The van der Waals surface area contributed by atoms with Gasteiger partial charge in [-0.25, -0.2) is 0 Å². The Labute approximate surface area is 106 Å². The van der Waals surface area contributed by atoms with Gasteiger partial charge < -0.3 is 15.5 Å². The maximum absolute atomic E-state index is 10.9. The SMILES string of the molecule is C[C@H](NCc1ccc(C(N)=O)cc1)c1ccco1. The van der Waals surface area contributed by atoms with E-state index >= 15 is 0 Å². The maximum Gasteiger partial charge on any atom is 0.248 e. The lowest BCUT2D eigenvalue weighted by molar-refractivity contribution is 0.100. The second-order valence-corrected chi connectivity index (χ2v) is 4.18. The van der Waals surface area contributed by atoms with E-state index in [9.17, 15) is 4.79 Å². The standard InChI is InChI=1S/C14H16N2O2/c1-10(13-3-2-8-18-13)16-9-11-4-6-12(7-5-11)14(15)17/h2-8,10,16H,9H2,1H3,(H2,15,17)/t10-/m0/s1. The predicted molar refractivity (Wildman–Crippen MR) is 68.9 cm³/mol. The summed E-state index contributed by atoms with van der Waals surface area (Å²) in [6.07, 6.45) is 1.66. The molecule has 0 radical (unpaired) electrons. The van der Waals surface area contributed by atoms with Crippen LogP contribution in [0.15, 0.2) is 47.1 Å². The highest BCUT2D eigenvalue weighted by molar-refractivity contribution is 5.92. The first-order valence-electron chi connectivity index (χ1n) is 5.82. The first-order valence-corrected chi connectivity index (χ1v) is 5.82. The van der Waals surface area contributed by atoms with Gasteiger partial charge in [-0.05, 0) is 36.8 Å². The van der Waals surface area contributed by atoms with Crippen molar-refractivity contribution in [3.05, 3.63) is 59.5 Å². The molecule has 1 amide bonds. The van der Waals surface area contributed by atoms with Crippen LogP contribution in [0.3, 0.4) is 0 Å². The zero-order valence-corrected chi connectivity index (χ0v) is 10.2. The molecule has 0 aliphatic rings. The Hall–Kier alpha value is -2.07. The summed E-state index contributed by atoms with van der Waals surface area (Å²) in [6, 6.07) is 11.2. The van der Waals surface area contributed by atoms with Gasteiger partial charge in [0.1, 0.15) is 5.76 Å². The molecule has 1 heterocycles. The molecule has 0 saturated heterocycles. The molecule has 0 bridgehead atoms. The lowest BCUT2D eigenvalue weighted by Gasteiger charge is -2.11. The van der Waals surface area contributed by atoms with E-state index in [1.165, 1.54) is 0 Å². The molecule has 1 aromatic carbocycles. The minimum Gasteiger partial charge on any atom is -0.468 e. The normalized spacial score (nSPS) is 12.3. The fraction of sp³-hybridized carbons (Fsp3) is 0.214. The summed E-state index contributed by atoms with van der Waals surface area (Å²) in [5.74, 6) is 0.502. The van der Waals surface area contributed by atoms with Crippen molar-refractivity contribution in [3.8, 4) is 0 Å². The quantitative estimate of drug-likeness (QED) is 0.847. The summed E-state index contributed by atoms with van der Waals surface area (Å²) in [5, 5.41) is 3.34. The monoisotopic (exact) mass is 244 g/mol. The van der Waals surface area contributed by atoms with Crippen LogP contribution >= 0.6 is 0 Å². The number of rotatable bonds is 5. The van der Waals surface area contributed by atoms with Crippen LogP contribution < -0.4 is 11.1 Å². The first kappa shape index (κ1) is 12.4. The first-order chi connectivity index (χ1) is 8.66. The van der Waals surface area contributed by atoms with Gasteiger partial charge in [-0.15, -0.1) is 0 Å². The lowest BCUT2D eigenvalue weighted by Crippen LogP contribution is -2.17. The minimum atomic E-state index is -0.404. The van der Waals surface area contributed by atoms with E-state index in [4.69, 9.17) is 10.2 Å². The molecule has 2 aromatic rings. The Kier molecular flexibility index (Phi) is 3.79. The third kappa shape index (κ3) is 2.99. The van der Waals surface area contributed by atoms with Crippen LogP contribution in [0.2, 0.25) is 0 Å². The molecule has 2 rings (SSSR count). The average Bonchev–Trinajstić information content (AvgIpc) is 2.90. The van der Waals surface area contributed by atoms with Crippen LogP contribution in [0.1, 0.15) is 34.6 Å². The van der Waals surface area contributed by atoms with Gasteiger partial charge in [0, 0.05) is 12.1 Å². The van der Waals surface area contributed by atoms with Gasteiger partial charge in [0.2, 0.25) is 5.91 Å². The largest absolute Gasteiger partial charge is 0.468 e. The number of nitrogens with one attached hydrogen (secondary N) is 1. The molecule has 3 N–H and O–H groups in total. The zero-order chi connectivity index (χ0) is 13.0. The Morgan fingerprint density at radius 1 is 1.33 bits per heavy atom. The Morgan fingerprint density at radius 3 is 2.61 bits per heavy atom. The molecule has 94 valence electrons. The molecule has 0 unspecified atom stereocenters. The highest BCUT2D eigenvalue weighted by atomic mass is 16.3. The molecule has 1 aromatic heterocycles. The molecular weight excluding hydrogens is 228 g/mol. The molecule has 18 heavy (non-hydrogen) atoms. The number of amides is 1. The number of carbonyl (C=O) groups is 1. The van der Waals surface area contributed by atoms with E-state index in [0.29, 0.717) is 12.1 Å². The molecule has 0 saturated carbocycles. The fourth-order valence-electron chi connectivity index (χ4n) is 1.70. The molecule has 0 aliphatic carbocycles. The molecule has 0 aliphatic heterocycles. The van der Waals surface area contributed by atoms with Gasteiger partial charge in [-0.3, -0.25) is 4.79 Å². The van der Waals surface area contributed by atoms with Gasteiger partial charge in [0.25, 0.3) is 0 Å². The van der Waals surface area contributed by atoms with E-state index in [2.05, 4.69) is 5.32 Å². The number of nitrogens with two attached hydrogens (primary N) is 1. The van der Waals surface area contributed by atoms with Gasteiger partial charge in [0.05, 0.1) is 12.3 Å². The maximum atomic E-state index is 10.9. The second-order valence-electron chi connectivity index (χ2n) is 4.18. The van der Waals surface area contributed by atoms with E-state index in [-0.39, 0.29) is 6.04 Å². The Bertz CT molecular complexity index is 503. The summed E-state index contributed by atoms with van der Waals surface area (Å²) in [7, 11) is 0. The highest BCUT2D eigenvalue weighted by Gasteiger charge is 2.07. The molecular formula is C14H16N2O2. The summed E-state index contributed by atoms with van der Waals surface area (Å²) >= 11 is 0. The van der Waals surface area contributed by atoms with Crippen molar-refractivity contribution in [3.63, 3.8) is 0 Å². The van der Waals surface area contributed by atoms with E-state index in [1.807, 2.05) is 31.2 Å².